The third-order valence-electron chi connectivity index (χ3n) is 3.75. The van der Waals surface area contributed by atoms with E-state index in [9.17, 15) is 18.9 Å². The number of methoxy groups -OCH3 is 1. The molecule has 0 aliphatic carbocycles. The molecule has 0 aromatic carbocycles. The largest absolute Gasteiger partial charge is 0.487 e. The first-order chi connectivity index (χ1) is 13.7. The summed E-state index contributed by atoms with van der Waals surface area (Å²) in [6.07, 6.45) is 0.231. The van der Waals surface area contributed by atoms with Crippen LogP contribution in [0.1, 0.15) is 40.5 Å². The third-order valence-corrected chi connectivity index (χ3v) is 6.28. The molecule has 0 aromatic heterocycles. The fraction of sp³-hybridized carbons (Fsp3) is 0.778. The number of carbonyl (C=O) groups is 3. The van der Waals surface area contributed by atoms with Crippen LogP contribution in [-0.2, 0) is 42.4 Å². The maximum absolute atomic E-state index is 13.2. The van der Waals surface area contributed by atoms with Crippen molar-refractivity contribution in [2.75, 3.05) is 45.9 Å². The molecule has 0 fully saturated rings. The van der Waals surface area contributed by atoms with Crippen molar-refractivity contribution in [2.24, 2.45) is 4.99 Å². The number of aliphatic imine (C=N–C) groups is 1. The zero-order valence-corrected chi connectivity index (χ0v) is 18.7. The highest BCUT2D eigenvalue weighted by Crippen LogP contribution is 2.49. The SMILES string of the molecule is CCOC(=O)CCP(=O)(CCC(/N=C\OC)(C(=O)OCC)C(=O)OCC)OCC. The summed E-state index contributed by atoms with van der Waals surface area (Å²) < 4.78 is 38.2. The highest BCUT2D eigenvalue weighted by atomic mass is 31.2. The molecular weight excluding hydrogens is 405 g/mol. The van der Waals surface area contributed by atoms with Gasteiger partial charge in [0.1, 0.15) is 0 Å². The van der Waals surface area contributed by atoms with Crippen LogP contribution in [0.5, 0.6) is 0 Å². The lowest BCUT2D eigenvalue weighted by Crippen LogP contribution is -2.48. The van der Waals surface area contributed by atoms with Crippen molar-refractivity contribution < 1.29 is 42.4 Å². The maximum Gasteiger partial charge on any atom is 0.345 e. The molecule has 0 heterocycles. The van der Waals surface area contributed by atoms with Crippen LogP contribution in [-0.4, -0.2) is 75.7 Å². The Kier molecular flexibility index (Phi) is 13.2. The number of esters is 3. The molecule has 0 spiro atoms. The van der Waals surface area contributed by atoms with Crippen LogP contribution >= 0.6 is 7.37 Å². The summed E-state index contributed by atoms with van der Waals surface area (Å²) in [5.74, 6) is -2.40. The summed E-state index contributed by atoms with van der Waals surface area (Å²) in [6, 6.07) is 0. The van der Waals surface area contributed by atoms with E-state index in [1.807, 2.05) is 0 Å². The Balaban J connectivity index is 5.72. The van der Waals surface area contributed by atoms with Gasteiger partial charge in [0.15, 0.2) is 6.40 Å². The molecule has 29 heavy (non-hydrogen) atoms. The smallest absolute Gasteiger partial charge is 0.345 e. The van der Waals surface area contributed by atoms with E-state index in [2.05, 4.69) is 4.99 Å². The Labute approximate surface area is 171 Å². The van der Waals surface area contributed by atoms with Crippen LogP contribution in [0.4, 0.5) is 0 Å². The summed E-state index contributed by atoms with van der Waals surface area (Å²) in [6.45, 7) is 6.84. The highest BCUT2D eigenvalue weighted by molar-refractivity contribution is 7.59. The summed E-state index contributed by atoms with van der Waals surface area (Å²) in [5, 5.41) is 0. The van der Waals surface area contributed by atoms with Gasteiger partial charge in [-0.15, -0.1) is 0 Å². The Hall–Kier alpha value is -1.93. The minimum Gasteiger partial charge on any atom is -0.487 e. The first-order valence-electron chi connectivity index (χ1n) is 9.54. The van der Waals surface area contributed by atoms with Crippen LogP contribution < -0.4 is 0 Å². The van der Waals surface area contributed by atoms with Gasteiger partial charge in [-0.05, 0) is 27.7 Å². The van der Waals surface area contributed by atoms with E-state index in [1.54, 1.807) is 27.7 Å². The molecule has 11 heteroatoms. The van der Waals surface area contributed by atoms with Gasteiger partial charge in [-0.25, -0.2) is 14.6 Å². The number of rotatable bonds is 15. The van der Waals surface area contributed by atoms with Gasteiger partial charge in [0.2, 0.25) is 7.37 Å². The van der Waals surface area contributed by atoms with E-state index >= 15 is 0 Å². The lowest BCUT2D eigenvalue weighted by Gasteiger charge is -2.27. The molecule has 0 aliphatic heterocycles. The Morgan fingerprint density at radius 2 is 1.45 bits per heavy atom. The van der Waals surface area contributed by atoms with Gasteiger partial charge in [-0.2, -0.15) is 0 Å². The fourth-order valence-corrected chi connectivity index (χ4v) is 4.54. The average Bonchev–Trinajstić information content (AvgIpc) is 2.68. The topological polar surface area (TPSA) is 127 Å². The molecule has 0 rings (SSSR count). The van der Waals surface area contributed by atoms with Crippen LogP contribution in [0.25, 0.3) is 0 Å². The molecule has 168 valence electrons. The molecule has 0 saturated carbocycles. The lowest BCUT2D eigenvalue weighted by molar-refractivity contribution is -0.164. The van der Waals surface area contributed by atoms with Gasteiger partial charge in [0.25, 0.3) is 5.54 Å². The first-order valence-corrected chi connectivity index (χ1v) is 11.5. The van der Waals surface area contributed by atoms with Gasteiger partial charge in [0, 0.05) is 18.7 Å². The van der Waals surface area contributed by atoms with E-state index in [0.717, 1.165) is 6.40 Å². The second-order valence-electron chi connectivity index (χ2n) is 5.76. The van der Waals surface area contributed by atoms with Crippen molar-refractivity contribution in [3.8, 4) is 0 Å². The average molecular weight is 437 g/mol. The van der Waals surface area contributed by atoms with Crippen LogP contribution in [0, 0.1) is 0 Å². The van der Waals surface area contributed by atoms with E-state index in [1.165, 1.54) is 7.11 Å². The van der Waals surface area contributed by atoms with E-state index in [4.69, 9.17) is 23.5 Å². The Morgan fingerprint density at radius 3 is 1.90 bits per heavy atom. The zero-order valence-electron chi connectivity index (χ0n) is 17.8. The molecule has 0 radical (unpaired) electrons. The Bertz CT molecular complexity index is 588. The molecule has 0 aliphatic rings. The molecule has 0 saturated heterocycles. The van der Waals surface area contributed by atoms with Crippen molar-refractivity contribution >= 4 is 31.7 Å². The Morgan fingerprint density at radius 1 is 0.897 bits per heavy atom. The number of nitrogens with zero attached hydrogens (tertiary/aromatic N) is 1. The number of ether oxygens (including phenoxy) is 4. The zero-order chi connectivity index (χ0) is 22.3. The first kappa shape index (κ1) is 27.1. The number of hydrogen-bond donors (Lipinski definition) is 0. The molecule has 0 bridgehead atoms. The molecule has 0 aromatic rings. The van der Waals surface area contributed by atoms with E-state index in [0.29, 0.717) is 0 Å². The van der Waals surface area contributed by atoms with Crippen molar-refractivity contribution in [2.45, 2.75) is 46.1 Å². The molecule has 1 atom stereocenters. The standard InChI is InChI=1S/C18H32NO9P/c1-6-25-15(20)10-12-29(23,28-9-4)13-11-18(19-14-24-5,16(21)26-7-2)17(22)27-8-3/h14H,6-13H2,1-5H3/b19-14-. The highest BCUT2D eigenvalue weighted by Gasteiger charge is 2.50. The van der Waals surface area contributed by atoms with Crippen LogP contribution in [0.15, 0.2) is 4.99 Å². The molecule has 0 amide bonds. The van der Waals surface area contributed by atoms with Gasteiger partial charge in [-0.3, -0.25) is 9.36 Å². The molecular formula is C18H32NO9P. The normalized spacial score (nSPS) is 13.6. The molecule has 10 nitrogen and oxygen atoms in total. The van der Waals surface area contributed by atoms with Crippen molar-refractivity contribution in [1.29, 1.82) is 0 Å². The quantitative estimate of drug-likeness (QED) is 0.0946. The summed E-state index contributed by atoms with van der Waals surface area (Å²) in [5.41, 5.74) is -2.08. The molecule has 1 unspecified atom stereocenters. The monoisotopic (exact) mass is 437 g/mol. The number of carbonyl (C=O) groups excluding carboxylic acids is 3. The van der Waals surface area contributed by atoms with Crippen molar-refractivity contribution in [1.82, 2.24) is 0 Å². The van der Waals surface area contributed by atoms with Crippen LogP contribution in [0.2, 0.25) is 0 Å². The maximum atomic E-state index is 13.2. The van der Waals surface area contributed by atoms with E-state index in [-0.39, 0.29) is 51.6 Å². The van der Waals surface area contributed by atoms with Gasteiger partial charge in [-0.1, -0.05) is 0 Å². The predicted molar refractivity (Wildman–Crippen MR) is 106 cm³/mol. The van der Waals surface area contributed by atoms with Crippen LogP contribution in [0.3, 0.4) is 0 Å². The predicted octanol–water partition coefficient (Wildman–Crippen LogP) is 2.18. The third kappa shape index (κ3) is 8.95. The second-order valence-corrected chi connectivity index (χ2v) is 8.54. The minimum absolute atomic E-state index is 0.00840. The van der Waals surface area contributed by atoms with Gasteiger partial charge >= 0.3 is 17.9 Å². The molecule has 0 N–H and O–H groups in total. The summed E-state index contributed by atoms with van der Waals surface area (Å²) >= 11 is 0. The van der Waals surface area contributed by atoms with Crippen molar-refractivity contribution in [3.63, 3.8) is 0 Å². The van der Waals surface area contributed by atoms with Gasteiger partial charge in [0.05, 0.1) is 40.0 Å². The summed E-state index contributed by atoms with van der Waals surface area (Å²) in [7, 11) is -2.07. The number of hydrogen-bond acceptors (Lipinski definition) is 10. The van der Waals surface area contributed by atoms with Gasteiger partial charge < -0.3 is 23.5 Å². The van der Waals surface area contributed by atoms with E-state index < -0.39 is 30.8 Å². The fourth-order valence-electron chi connectivity index (χ4n) is 2.40. The van der Waals surface area contributed by atoms with Crippen molar-refractivity contribution in [3.05, 3.63) is 0 Å². The lowest BCUT2D eigenvalue weighted by atomic mass is 9.97. The second kappa shape index (κ2) is 14.1. The summed E-state index contributed by atoms with van der Waals surface area (Å²) in [4.78, 5) is 40.8. The minimum atomic E-state index is -3.37.